The van der Waals surface area contributed by atoms with Crippen molar-refractivity contribution in [1.82, 2.24) is 10.2 Å². The second-order valence-electron chi connectivity index (χ2n) is 5.14. The molecule has 0 radical (unpaired) electrons. The van der Waals surface area contributed by atoms with E-state index in [9.17, 15) is 18.0 Å². The van der Waals surface area contributed by atoms with Gasteiger partial charge in [0, 0.05) is 13.1 Å². The van der Waals surface area contributed by atoms with Crippen molar-refractivity contribution in [3.63, 3.8) is 0 Å². The topological polar surface area (TPSA) is 104 Å². The number of hydrogen-bond acceptors (Lipinski definition) is 4. The summed E-state index contributed by atoms with van der Waals surface area (Å²) < 4.78 is 22.9. The van der Waals surface area contributed by atoms with Crippen molar-refractivity contribution in [2.45, 2.75) is 32.7 Å². The van der Waals surface area contributed by atoms with E-state index in [1.165, 1.54) is 4.90 Å². The largest absolute Gasteiger partial charge is 0.480 e. The highest BCUT2D eigenvalue weighted by Crippen LogP contribution is 2.10. The number of nitrogens with zero attached hydrogens (tertiary/aromatic N) is 1. The molecule has 1 fully saturated rings. The zero-order valence-corrected chi connectivity index (χ0v) is 12.6. The first-order chi connectivity index (χ1) is 9.26. The maximum Gasteiger partial charge on any atom is 0.326 e. The Hall–Kier alpha value is -1.31. The summed E-state index contributed by atoms with van der Waals surface area (Å²) in [6.45, 7) is 4.05. The number of nitrogens with one attached hydrogen (secondary N) is 1. The van der Waals surface area contributed by atoms with Crippen LogP contribution in [0.25, 0.3) is 0 Å². The van der Waals surface area contributed by atoms with E-state index in [-0.39, 0.29) is 24.0 Å². The number of amides is 2. The number of aliphatic carboxylic acids is 1. The van der Waals surface area contributed by atoms with E-state index < -0.39 is 27.9 Å². The molecule has 0 aromatic heterocycles. The average Bonchev–Trinajstić information content (AvgIpc) is 2.55. The third-order valence-corrected chi connectivity index (χ3v) is 5.32. The van der Waals surface area contributed by atoms with Crippen LogP contribution < -0.4 is 5.32 Å². The second-order valence-corrected chi connectivity index (χ2v) is 7.45. The van der Waals surface area contributed by atoms with Crippen molar-refractivity contribution in [2.24, 2.45) is 5.92 Å². The SMILES string of the molecule is CCC(C)[C@H](NC(=O)N1CCCS(=O)(=O)CC1)C(=O)O. The molecule has 1 aliphatic heterocycles. The Bertz CT molecular complexity index is 462. The Morgan fingerprint density at radius 3 is 2.50 bits per heavy atom. The van der Waals surface area contributed by atoms with Crippen molar-refractivity contribution in [2.75, 3.05) is 24.6 Å². The van der Waals surface area contributed by atoms with Crippen LogP contribution in [0.3, 0.4) is 0 Å². The van der Waals surface area contributed by atoms with Gasteiger partial charge in [-0.1, -0.05) is 20.3 Å². The maximum atomic E-state index is 12.1. The predicted molar refractivity (Wildman–Crippen MR) is 74.3 cm³/mol. The Morgan fingerprint density at radius 2 is 1.95 bits per heavy atom. The Morgan fingerprint density at radius 1 is 1.30 bits per heavy atom. The molecule has 8 heteroatoms. The number of urea groups is 1. The van der Waals surface area contributed by atoms with E-state index in [1.54, 1.807) is 6.92 Å². The molecule has 116 valence electrons. The summed E-state index contributed by atoms with van der Waals surface area (Å²) in [6, 6.07) is -1.46. The zero-order valence-electron chi connectivity index (χ0n) is 11.8. The molecule has 0 aromatic carbocycles. The summed E-state index contributed by atoms with van der Waals surface area (Å²) in [5.41, 5.74) is 0. The number of carbonyl (C=O) groups excluding carboxylic acids is 1. The molecule has 1 saturated heterocycles. The third kappa shape index (κ3) is 4.66. The van der Waals surface area contributed by atoms with Gasteiger partial charge in [0.25, 0.3) is 0 Å². The van der Waals surface area contributed by atoms with Gasteiger partial charge in [-0.05, 0) is 12.3 Å². The maximum absolute atomic E-state index is 12.1. The molecule has 1 rings (SSSR count). The normalized spacial score (nSPS) is 21.6. The quantitative estimate of drug-likeness (QED) is 0.778. The average molecular weight is 306 g/mol. The number of hydrogen-bond donors (Lipinski definition) is 2. The minimum Gasteiger partial charge on any atom is -0.480 e. The molecule has 2 N–H and O–H groups in total. The number of sulfone groups is 1. The fraction of sp³-hybridized carbons (Fsp3) is 0.833. The van der Waals surface area contributed by atoms with Crippen molar-refractivity contribution in [3.05, 3.63) is 0 Å². The van der Waals surface area contributed by atoms with Crippen LogP contribution in [0.15, 0.2) is 0 Å². The summed E-state index contributed by atoms with van der Waals surface area (Å²) in [5.74, 6) is -1.26. The number of carboxylic acids is 1. The van der Waals surface area contributed by atoms with Gasteiger partial charge in [-0.2, -0.15) is 0 Å². The van der Waals surface area contributed by atoms with Crippen molar-refractivity contribution >= 4 is 21.8 Å². The van der Waals surface area contributed by atoms with E-state index >= 15 is 0 Å². The molecule has 7 nitrogen and oxygen atoms in total. The zero-order chi connectivity index (χ0) is 15.3. The molecule has 2 amide bonds. The first kappa shape index (κ1) is 16.7. The molecule has 0 spiro atoms. The minimum atomic E-state index is -3.09. The van der Waals surface area contributed by atoms with Crippen molar-refractivity contribution in [1.29, 1.82) is 0 Å². The van der Waals surface area contributed by atoms with Gasteiger partial charge in [-0.25, -0.2) is 18.0 Å². The van der Waals surface area contributed by atoms with Crippen molar-refractivity contribution in [3.8, 4) is 0 Å². The predicted octanol–water partition coefficient (Wildman–Crippen LogP) is 0.316. The van der Waals surface area contributed by atoms with E-state index in [1.807, 2.05) is 6.92 Å². The van der Waals surface area contributed by atoms with Gasteiger partial charge in [-0.15, -0.1) is 0 Å². The van der Waals surface area contributed by atoms with Gasteiger partial charge in [0.15, 0.2) is 9.84 Å². The summed E-state index contributed by atoms with van der Waals surface area (Å²) in [5, 5.41) is 11.6. The van der Waals surface area contributed by atoms with Crippen LogP contribution >= 0.6 is 0 Å². The van der Waals surface area contributed by atoms with Crippen LogP contribution in [0.5, 0.6) is 0 Å². The Balaban J connectivity index is 2.67. The van der Waals surface area contributed by atoms with E-state index in [2.05, 4.69) is 5.32 Å². The standard InChI is InChI=1S/C12H22N2O5S/c1-3-9(2)10(11(15)16)13-12(17)14-5-4-7-20(18,19)8-6-14/h9-10H,3-8H2,1-2H3,(H,13,17)(H,15,16)/t9?,10-/m0/s1. The van der Waals surface area contributed by atoms with Crippen LogP contribution in [0.1, 0.15) is 26.7 Å². The highest BCUT2D eigenvalue weighted by Gasteiger charge is 2.29. The van der Waals surface area contributed by atoms with E-state index in [0.29, 0.717) is 19.4 Å². The summed E-state index contributed by atoms with van der Waals surface area (Å²) in [6.07, 6.45) is 1.02. The van der Waals surface area contributed by atoms with Gasteiger partial charge in [0.1, 0.15) is 6.04 Å². The molecule has 2 atom stereocenters. The van der Waals surface area contributed by atoms with Gasteiger partial charge in [0.05, 0.1) is 11.5 Å². The lowest BCUT2D eigenvalue weighted by Crippen LogP contribution is -2.51. The third-order valence-electron chi connectivity index (χ3n) is 3.60. The first-order valence-corrected chi connectivity index (χ1v) is 8.57. The summed E-state index contributed by atoms with van der Waals surface area (Å²) in [4.78, 5) is 24.6. The molecule has 0 aromatic rings. The highest BCUT2D eigenvalue weighted by molar-refractivity contribution is 7.91. The fourth-order valence-corrected chi connectivity index (χ4v) is 3.32. The molecular weight excluding hydrogens is 284 g/mol. The fourth-order valence-electron chi connectivity index (χ4n) is 2.05. The Kier molecular flexibility index (Phi) is 5.79. The van der Waals surface area contributed by atoms with Crippen LogP contribution in [0.4, 0.5) is 4.79 Å². The minimum absolute atomic E-state index is 0.0680. The molecule has 1 unspecified atom stereocenters. The molecule has 20 heavy (non-hydrogen) atoms. The van der Waals surface area contributed by atoms with Gasteiger partial charge < -0.3 is 15.3 Å². The van der Waals surface area contributed by atoms with Crippen LogP contribution in [0.2, 0.25) is 0 Å². The molecule has 1 aliphatic rings. The number of carboxylic acid groups (broad SMARTS) is 1. The molecule has 0 saturated carbocycles. The summed E-state index contributed by atoms with van der Waals surface area (Å²) >= 11 is 0. The van der Waals surface area contributed by atoms with Gasteiger partial charge in [0.2, 0.25) is 0 Å². The van der Waals surface area contributed by atoms with Crippen LogP contribution in [-0.2, 0) is 14.6 Å². The first-order valence-electron chi connectivity index (χ1n) is 6.75. The monoisotopic (exact) mass is 306 g/mol. The summed E-state index contributed by atoms with van der Waals surface area (Å²) in [7, 11) is -3.09. The smallest absolute Gasteiger partial charge is 0.326 e. The highest BCUT2D eigenvalue weighted by atomic mass is 32.2. The van der Waals surface area contributed by atoms with Gasteiger partial charge >= 0.3 is 12.0 Å². The molecule has 0 bridgehead atoms. The van der Waals surface area contributed by atoms with E-state index in [0.717, 1.165) is 0 Å². The molecular formula is C12H22N2O5S. The van der Waals surface area contributed by atoms with E-state index in [4.69, 9.17) is 5.11 Å². The van der Waals surface area contributed by atoms with Crippen LogP contribution in [0, 0.1) is 5.92 Å². The van der Waals surface area contributed by atoms with Crippen LogP contribution in [-0.4, -0.2) is 61.1 Å². The lowest BCUT2D eigenvalue weighted by atomic mass is 9.99. The number of rotatable bonds is 4. The lowest BCUT2D eigenvalue weighted by Gasteiger charge is -2.25. The Labute approximate surface area is 119 Å². The lowest BCUT2D eigenvalue weighted by molar-refractivity contribution is -0.140. The van der Waals surface area contributed by atoms with Crippen molar-refractivity contribution < 1.29 is 23.1 Å². The second kappa shape index (κ2) is 6.92. The van der Waals surface area contributed by atoms with Gasteiger partial charge in [-0.3, -0.25) is 0 Å². The number of carbonyl (C=O) groups is 2. The molecule has 0 aliphatic carbocycles. The molecule has 1 heterocycles.